The molecule has 2 aromatic carbocycles. The Hall–Kier alpha value is -2.13. The zero-order valence-electron chi connectivity index (χ0n) is 13.6. The van der Waals surface area contributed by atoms with Crippen molar-refractivity contribution < 1.29 is 9.90 Å². The molecule has 2 atom stereocenters. The van der Waals surface area contributed by atoms with Crippen LogP contribution in [0.15, 0.2) is 54.6 Å². The van der Waals surface area contributed by atoms with Gasteiger partial charge in [0.2, 0.25) is 0 Å². The third-order valence-electron chi connectivity index (χ3n) is 4.51. The molecule has 1 N–H and O–H groups in total. The minimum atomic E-state index is -0.306. The van der Waals surface area contributed by atoms with Gasteiger partial charge in [-0.1, -0.05) is 62.4 Å². The van der Waals surface area contributed by atoms with E-state index in [-0.39, 0.29) is 24.6 Å². The van der Waals surface area contributed by atoms with Crippen LogP contribution in [0.25, 0.3) is 0 Å². The number of aliphatic hydroxyl groups is 1. The number of carbonyl (C=O) groups is 1. The number of hydrogen-bond donors (Lipinski definition) is 1. The Morgan fingerprint density at radius 2 is 1.70 bits per heavy atom. The highest BCUT2D eigenvalue weighted by atomic mass is 16.3. The van der Waals surface area contributed by atoms with Gasteiger partial charge in [-0.05, 0) is 29.5 Å². The number of hydrogen-bond acceptors (Lipinski definition) is 2. The minimum Gasteiger partial charge on any atom is -0.394 e. The van der Waals surface area contributed by atoms with Crippen molar-refractivity contribution in [1.82, 2.24) is 4.90 Å². The smallest absolute Gasteiger partial charge is 0.255 e. The normalized spacial score (nSPS) is 18.3. The van der Waals surface area contributed by atoms with Gasteiger partial charge in [0.05, 0.1) is 18.7 Å². The predicted molar refractivity (Wildman–Crippen MR) is 91.1 cm³/mol. The molecule has 1 aliphatic rings. The summed E-state index contributed by atoms with van der Waals surface area (Å²) in [6, 6.07) is 17.3. The molecule has 23 heavy (non-hydrogen) atoms. The Morgan fingerprint density at radius 3 is 2.35 bits per heavy atom. The maximum Gasteiger partial charge on any atom is 0.255 e. The molecule has 1 amide bonds. The van der Waals surface area contributed by atoms with Crippen molar-refractivity contribution in [3.63, 3.8) is 0 Å². The molecule has 1 heterocycles. The Labute approximate surface area is 137 Å². The van der Waals surface area contributed by atoms with E-state index in [1.807, 2.05) is 59.5 Å². The van der Waals surface area contributed by atoms with E-state index in [1.54, 1.807) is 0 Å². The summed E-state index contributed by atoms with van der Waals surface area (Å²) < 4.78 is 0. The molecule has 2 aromatic rings. The van der Waals surface area contributed by atoms with Crippen LogP contribution in [-0.2, 0) is 0 Å². The number of fused-ring (bicyclic) bond motifs is 1. The first kappa shape index (κ1) is 15.8. The number of aliphatic hydroxyl groups excluding tert-OH is 1. The molecule has 0 radical (unpaired) electrons. The first-order valence-electron chi connectivity index (χ1n) is 8.21. The van der Waals surface area contributed by atoms with Gasteiger partial charge in [0.1, 0.15) is 0 Å². The molecule has 0 fully saturated rings. The third kappa shape index (κ3) is 2.89. The fourth-order valence-electron chi connectivity index (χ4n) is 3.49. The first-order chi connectivity index (χ1) is 11.1. The first-order valence-corrected chi connectivity index (χ1v) is 8.21. The Kier molecular flexibility index (Phi) is 4.49. The standard InChI is InChI=1S/C20H23NO2/c1-14(2)12-18-16-10-6-7-11-17(16)20(23)21(18)19(13-22)15-8-4-3-5-9-15/h3-11,14,18-19,22H,12-13H2,1-2H3/t18-,19+/m0/s1. The van der Waals surface area contributed by atoms with Crippen molar-refractivity contribution in [2.75, 3.05) is 6.61 Å². The van der Waals surface area contributed by atoms with Gasteiger partial charge in [-0.25, -0.2) is 0 Å². The van der Waals surface area contributed by atoms with E-state index in [2.05, 4.69) is 13.8 Å². The fourth-order valence-corrected chi connectivity index (χ4v) is 3.49. The lowest BCUT2D eigenvalue weighted by Gasteiger charge is -2.33. The van der Waals surface area contributed by atoms with Gasteiger partial charge in [0.25, 0.3) is 5.91 Å². The van der Waals surface area contributed by atoms with Crippen LogP contribution in [-0.4, -0.2) is 22.5 Å². The van der Waals surface area contributed by atoms with Crippen molar-refractivity contribution in [2.24, 2.45) is 5.92 Å². The number of benzene rings is 2. The van der Waals surface area contributed by atoms with Crippen LogP contribution in [0.1, 0.15) is 53.8 Å². The molecule has 3 heteroatoms. The summed E-state index contributed by atoms with van der Waals surface area (Å²) in [7, 11) is 0. The molecule has 3 nitrogen and oxygen atoms in total. The molecule has 3 rings (SSSR count). The van der Waals surface area contributed by atoms with Crippen LogP contribution in [0, 0.1) is 5.92 Å². The van der Waals surface area contributed by atoms with Gasteiger partial charge < -0.3 is 10.0 Å². The van der Waals surface area contributed by atoms with E-state index in [0.29, 0.717) is 5.92 Å². The number of nitrogens with zero attached hydrogens (tertiary/aromatic N) is 1. The molecule has 0 saturated carbocycles. The zero-order chi connectivity index (χ0) is 16.4. The van der Waals surface area contributed by atoms with E-state index in [4.69, 9.17) is 0 Å². The molecule has 1 aliphatic heterocycles. The predicted octanol–water partition coefficient (Wildman–Crippen LogP) is 3.96. The fraction of sp³-hybridized carbons (Fsp3) is 0.350. The van der Waals surface area contributed by atoms with Crippen LogP contribution in [0.2, 0.25) is 0 Å². The largest absolute Gasteiger partial charge is 0.394 e. The quantitative estimate of drug-likeness (QED) is 0.908. The number of rotatable bonds is 5. The number of amides is 1. The van der Waals surface area contributed by atoms with Crippen LogP contribution in [0.4, 0.5) is 0 Å². The maximum atomic E-state index is 13.0. The van der Waals surface area contributed by atoms with E-state index < -0.39 is 0 Å². The molecule has 0 bridgehead atoms. The van der Waals surface area contributed by atoms with Crippen molar-refractivity contribution in [3.05, 3.63) is 71.3 Å². The van der Waals surface area contributed by atoms with Gasteiger partial charge in [0.15, 0.2) is 0 Å². The van der Waals surface area contributed by atoms with E-state index in [9.17, 15) is 9.90 Å². The SMILES string of the molecule is CC(C)C[C@H]1c2ccccc2C(=O)N1[C@H](CO)c1ccccc1. The molecule has 0 spiro atoms. The van der Waals surface area contributed by atoms with Crippen molar-refractivity contribution in [1.29, 1.82) is 0 Å². The van der Waals surface area contributed by atoms with Crippen molar-refractivity contribution in [3.8, 4) is 0 Å². The number of carbonyl (C=O) groups excluding carboxylic acids is 1. The zero-order valence-corrected chi connectivity index (χ0v) is 13.6. The summed E-state index contributed by atoms with van der Waals surface area (Å²) in [5, 5.41) is 9.99. The highest BCUT2D eigenvalue weighted by Gasteiger charge is 2.40. The summed E-state index contributed by atoms with van der Waals surface area (Å²) in [5.74, 6) is 0.491. The molecule has 0 saturated heterocycles. The second-order valence-corrected chi connectivity index (χ2v) is 6.55. The molecule has 120 valence electrons. The lowest BCUT2D eigenvalue weighted by Crippen LogP contribution is -2.35. The van der Waals surface area contributed by atoms with E-state index in [0.717, 1.165) is 23.1 Å². The molecule has 0 unspecified atom stereocenters. The van der Waals surface area contributed by atoms with Gasteiger partial charge in [-0.2, -0.15) is 0 Å². The van der Waals surface area contributed by atoms with Crippen molar-refractivity contribution >= 4 is 5.91 Å². The average molecular weight is 309 g/mol. The highest BCUT2D eigenvalue weighted by molar-refractivity contribution is 5.99. The average Bonchev–Trinajstić information content (AvgIpc) is 2.83. The molecule has 0 aromatic heterocycles. The minimum absolute atomic E-state index is 0.0224. The lowest BCUT2D eigenvalue weighted by molar-refractivity contribution is 0.0487. The third-order valence-corrected chi connectivity index (χ3v) is 4.51. The molecular weight excluding hydrogens is 286 g/mol. The Bertz CT molecular complexity index is 681. The van der Waals surface area contributed by atoms with Crippen LogP contribution in [0.3, 0.4) is 0 Å². The van der Waals surface area contributed by atoms with Crippen LogP contribution >= 0.6 is 0 Å². The summed E-state index contributed by atoms with van der Waals surface area (Å²) in [5.41, 5.74) is 2.83. The van der Waals surface area contributed by atoms with Crippen LogP contribution < -0.4 is 0 Å². The highest BCUT2D eigenvalue weighted by Crippen LogP contribution is 2.42. The summed E-state index contributed by atoms with van der Waals surface area (Å²) in [6.07, 6.45) is 0.895. The maximum absolute atomic E-state index is 13.0. The molecule has 0 aliphatic carbocycles. The van der Waals surface area contributed by atoms with Gasteiger partial charge >= 0.3 is 0 Å². The molecular formula is C20H23NO2. The Balaban J connectivity index is 2.04. The van der Waals surface area contributed by atoms with Gasteiger partial charge in [-0.15, -0.1) is 0 Å². The lowest BCUT2D eigenvalue weighted by atomic mass is 9.95. The van der Waals surface area contributed by atoms with Gasteiger partial charge in [-0.3, -0.25) is 4.79 Å². The van der Waals surface area contributed by atoms with Crippen LogP contribution in [0.5, 0.6) is 0 Å². The second-order valence-electron chi connectivity index (χ2n) is 6.55. The summed E-state index contributed by atoms with van der Waals surface area (Å²) >= 11 is 0. The summed E-state index contributed by atoms with van der Waals surface area (Å²) in [6.45, 7) is 4.26. The Morgan fingerprint density at radius 1 is 1.04 bits per heavy atom. The van der Waals surface area contributed by atoms with E-state index in [1.165, 1.54) is 0 Å². The second kappa shape index (κ2) is 6.55. The van der Waals surface area contributed by atoms with Gasteiger partial charge in [0, 0.05) is 5.56 Å². The van der Waals surface area contributed by atoms with Crippen molar-refractivity contribution in [2.45, 2.75) is 32.4 Å². The summed E-state index contributed by atoms with van der Waals surface area (Å²) in [4.78, 5) is 14.9. The monoisotopic (exact) mass is 309 g/mol. The topological polar surface area (TPSA) is 40.5 Å². The van der Waals surface area contributed by atoms with E-state index >= 15 is 0 Å².